The highest BCUT2D eigenvalue weighted by molar-refractivity contribution is 6.00. The lowest BCUT2D eigenvalue weighted by Gasteiger charge is -2.12. The summed E-state index contributed by atoms with van der Waals surface area (Å²) in [5.41, 5.74) is 3.75. The highest BCUT2D eigenvalue weighted by Crippen LogP contribution is 2.40. The Hall–Kier alpha value is -3.35. The molecule has 0 aliphatic heterocycles. The van der Waals surface area contributed by atoms with Gasteiger partial charge in [-0.2, -0.15) is 5.10 Å². The molecule has 0 bridgehead atoms. The quantitative estimate of drug-likeness (QED) is 0.663. The highest BCUT2D eigenvalue weighted by atomic mass is 16.5. The summed E-state index contributed by atoms with van der Waals surface area (Å²) in [6, 6.07) is 11.1. The molecule has 1 saturated carbocycles. The third kappa shape index (κ3) is 3.83. The van der Waals surface area contributed by atoms with Crippen LogP contribution in [0.4, 0.5) is 16.3 Å². The van der Waals surface area contributed by atoms with Crippen molar-refractivity contribution in [1.29, 1.82) is 0 Å². The number of aromatic nitrogens is 3. The molecule has 0 saturated heterocycles. The zero-order valence-electron chi connectivity index (χ0n) is 16.0. The van der Waals surface area contributed by atoms with E-state index in [9.17, 15) is 4.79 Å². The number of amides is 2. The maximum absolute atomic E-state index is 12.6. The summed E-state index contributed by atoms with van der Waals surface area (Å²) < 4.78 is 7.35. The van der Waals surface area contributed by atoms with Crippen LogP contribution in [0.15, 0.2) is 48.8 Å². The minimum Gasteiger partial charge on any atom is -0.495 e. The van der Waals surface area contributed by atoms with E-state index in [0.717, 1.165) is 17.7 Å². The average molecular weight is 377 g/mol. The molecule has 1 aromatic carbocycles. The Balaban J connectivity index is 1.52. The second-order valence-corrected chi connectivity index (χ2v) is 6.77. The van der Waals surface area contributed by atoms with Gasteiger partial charge < -0.3 is 10.1 Å². The number of ether oxygens (including phenoxy) is 1. The first-order valence-corrected chi connectivity index (χ1v) is 9.42. The Morgan fingerprint density at radius 2 is 1.93 bits per heavy atom. The molecule has 7 nitrogen and oxygen atoms in total. The molecular weight excluding hydrogens is 354 g/mol. The minimum absolute atomic E-state index is 0.353. The zero-order valence-corrected chi connectivity index (χ0v) is 16.0. The molecule has 2 aromatic heterocycles. The Labute approximate surface area is 163 Å². The van der Waals surface area contributed by atoms with Gasteiger partial charge >= 0.3 is 6.03 Å². The first kappa shape index (κ1) is 18.0. The number of hydrogen-bond acceptors (Lipinski definition) is 4. The molecule has 0 atom stereocenters. The Morgan fingerprint density at radius 1 is 1.14 bits per heavy atom. The van der Waals surface area contributed by atoms with Crippen molar-refractivity contribution in [1.82, 2.24) is 14.8 Å². The number of benzene rings is 1. The molecule has 2 N–H and O–H groups in total. The summed E-state index contributed by atoms with van der Waals surface area (Å²) in [4.78, 5) is 16.6. The van der Waals surface area contributed by atoms with Gasteiger partial charge in [0.1, 0.15) is 5.75 Å². The van der Waals surface area contributed by atoms with Crippen LogP contribution >= 0.6 is 0 Å². The van der Waals surface area contributed by atoms with E-state index in [0.29, 0.717) is 23.2 Å². The Bertz CT molecular complexity index is 980. The van der Waals surface area contributed by atoms with Crippen LogP contribution in [0.3, 0.4) is 0 Å². The van der Waals surface area contributed by atoms with Crippen molar-refractivity contribution in [2.24, 2.45) is 0 Å². The third-order valence-electron chi connectivity index (χ3n) is 4.81. The van der Waals surface area contributed by atoms with Crippen LogP contribution in [-0.4, -0.2) is 27.9 Å². The van der Waals surface area contributed by atoms with Gasteiger partial charge in [-0.25, -0.2) is 4.79 Å². The van der Waals surface area contributed by atoms with Crippen LogP contribution in [0.2, 0.25) is 0 Å². The van der Waals surface area contributed by atoms with Crippen molar-refractivity contribution in [3.63, 3.8) is 0 Å². The first-order chi connectivity index (χ1) is 13.7. The van der Waals surface area contributed by atoms with Gasteiger partial charge in [0.25, 0.3) is 0 Å². The number of carbonyl (C=O) groups excluding carboxylic acids is 1. The molecule has 0 radical (unpaired) electrons. The molecule has 144 valence electrons. The van der Waals surface area contributed by atoms with Crippen molar-refractivity contribution in [2.75, 3.05) is 17.7 Å². The lowest BCUT2D eigenvalue weighted by atomic mass is 10.1. The van der Waals surface area contributed by atoms with E-state index < -0.39 is 0 Å². The van der Waals surface area contributed by atoms with Crippen molar-refractivity contribution in [3.8, 4) is 16.9 Å². The fourth-order valence-electron chi connectivity index (χ4n) is 3.25. The lowest BCUT2D eigenvalue weighted by molar-refractivity contribution is 0.262. The van der Waals surface area contributed by atoms with E-state index in [-0.39, 0.29) is 6.03 Å². The van der Waals surface area contributed by atoms with Crippen LogP contribution in [-0.2, 0) is 6.54 Å². The largest absolute Gasteiger partial charge is 0.495 e. The molecule has 2 heterocycles. The lowest BCUT2D eigenvalue weighted by Crippen LogP contribution is -2.20. The molecule has 1 fully saturated rings. The number of nitrogens with one attached hydrogen (secondary N) is 2. The number of aryl methyl sites for hydroxylation is 1. The summed E-state index contributed by atoms with van der Waals surface area (Å²) in [7, 11) is 1.58. The molecule has 28 heavy (non-hydrogen) atoms. The van der Waals surface area contributed by atoms with Crippen LogP contribution in [0.5, 0.6) is 5.75 Å². The van der Waals surface area contributed by atoms with Crippen molar-refractivity contribution >= 4 is 17.5 Å². The zero-order chi connectivity index (χ0) is 19.5. The first-order valence-electron chi connectivity index (χ1n) is 9.42. The van der Waals surface area contributed by atoms with Crippen LogP contribution in [0.25, 0.3) is 11.1 Å². The third-order valence-corrected chi connectivity index (χ3v) is 4.81. The van der Waals surface area contributed by atoms with Gasteiger partial charge in [0.2, 0.25) is 0 Å². The van der Waals surface area contributed by atoms with Gasteiger partial charge in [-0.1, -0.05) is 6.07 Å². The standard InChI is InChI=1S/C21H23N5O2/c1-3-26-18(15-4-5-15)13-20(25-26)24-21(27)23-17-12-16(6-7-19(17)28-2)14-8-10-22-11-9-14/h6-13,15H,3-5H2,1-2H3,(H2,23,24,25,27). The predicted octanol–water partition coefficient (Wildman–Crippen LogP) is 4.50. The van der Waals surface area contributed by atoms with Gasteiger partial charge in [0.15, 0.2) is 5.82 Å². The fourth-order valence-corrected chi connectivity index (χ4v) is 3.25. The summed E-state index contributed by atoms with van der Waals surface area (Å²) in [6.45, 7) is 2.84. The van der Waals surface area contributed by atoms with E-state index >= 15 is 0 Å². The number of hydrogen-bond donors (Lipinski definition) is 2. The van der Waals surface area contributed by atoms with Crippen LogP contribution in [0.1, 0.15) is 31.4 Å². The van der Waals surface area contributed by atoms with Crippen LogP contribution < -0.4 is 15.4 Å². The maximum Gasteiger partial charge on any atom is 0.325 e. The predicted molar refractivity (Wildman–Crippen MR) is 109 cm³/mol. The number of urea groups is 1. The minimum atomic E-state index is -0.353. The smallest absolute Gasteiger partial charge is 0.325 e. The molecule has 4 rings (SSSR count). The molecule has 2 amide bonds. The SMILES string of the molecule is CCn1nc(NC(=O)Nc2cc(-c3ccncc3)ccc2OC)cc1C1CC1. The number of pyridine rings is 1. The monoisotopic (exact) mass is 377 g/mol. The second-order valence-electron chi connectivity index (χ2n) is 6.77. The summed E-state index contributed by atoms with van der Waals surface area (Å²) in [6.07, 6.45) is 5.86. The van der Waals surface area contributed by atoms with E-state index in [4.69, 9.17) is 4.74 Å². The normalized spacial score (nSPS) is 13.2. The number of carbonyl (C=O) groups is 1. The number of nitrogens with zero attached hydrogens (tertiary/aromatic N) is 3. The molecule has 1 aliphatic carbocycles. The van der Waals surface area contributed by atoms with Crippen LogP contribution in [0, 0.1) is 0 Å². The van der Waals surface area contributed by atoms with E-state index in [2.05, 4.69) is 27.6 Å². The second kappa shape index (κ2) is 7.72. The topological polar surface area (TPSA) is 81.1 Å². The molecular formula is C21H23N5O2. The van der Waals surface area contributed by atoms with Gasteiger partial charge in [-0.05, 0) is 55.2 Å². The fraction of sp³-hybridized carbons (Fsp3) is 0.286. The van der Waals surface area contributed by atoms with Gasteiger partial charge in [-0.3, -0.25) is 15.0 Å². The summed E-state index contributed by atoms with van der Waals surface area (Å²) >= 11 is 0. The Morgan fingerprint density at radius 3 is 2.61 bits per heavy atom. The highest BCUT2D eigenvalue weighted by Gasteiger charge is 2.28. The van der Waals surface area contributed by atoms with Gasteiger partial charge in [0, 0.05) is 36.6 Å². The van der Waals surface area contributed by atoms with Crippen molar-refractivity contribution in [3.05, 3.63) is 54.5 Å². The maximum atomic E-state index is 12.6. The number of anilines is 2. The molecule has 1 aliphatic rings. The summed E-state index contributed by atoms with van der Waals surface area (Å²) in [5.74, 6) is 1.72. The van der Waals surface area contributed by atoms with Gasteiger partial charge in [-0.15, -0.1) is 0 Å². The number of methoxy groups -OCH3 is 1. The van der Waals surface area contributed by atoms with E-state index in [1.807, 2.05) is 41.1 Å². The van der Waals surface area contributed by atoms with E-state index in [1.54, 1.807) is 19.5 Å². The summed E-state index contributed by atoms with van der Waals surface area (Å²) in [5, 5.41) is 10.2. The average Bonchev–Trinajstić information content (AvgIpc) is 3.49. The molecule has 7 heteroatoms. The van der Waals surface area contributed by atoms with E-state index in [1.165, 1.54) is 18.5 Å². The van der Waals surface area contributed by atoms with Crippen molar-refractivity contribution in [2.45, 2.75) is 32.2 Å². The number of rotatable bonds is 6. The Kier molecular flexibility index (Phi) is 4.97. The molecule has 3 aromatic rings. The molecule has 0 spiro atoms. The molecule has 0 unspecified atom stereocenters. The van der Waals surface area contributed by atoms with Crippen molar-refractivity contribution < 1.29 is 9.53 Å². The van der Waals surface area contributed by atoms with Gasteiger partial charge in [0.05, 0.1) is 12.8 Å².